The first-order chi connectivity index (χ1) is 27.6. The number of rotatable bonds is 8. The molecule has 5 aromatic rings. The molecule has 15 nitrogen and oxygen atoms in total. The van der Waals surface area contributed by atoms with Crippen molar-refractivity contribution in [2.45, 2.75) is 63.5 Å². The standard InChI is InChI=1S/C42H46N10O5/c1-48-38-33(4-3-5-34(38)52(41(48)56)35-10-11-37(53)46-40(35)55)50-14-12-42(13-15-50)24-49(25-42)22-26-6-8-30(9-7-26)51-23-29-17-32(36(57-2)18-31(29)47-51)45-39(54)28-16-27(19-43)20-44-21-28/h3-5,16-18,20-21,23,26,30,35H,6-15,22,24-25H2,1-2H3,(H,45,54)(H,46,53,55)/t26-,30-,35?. The molecule has 1 aliphatic carbocycles. The number of nitrogens with zero attached hydrogens (tertiary/aromatic N) is 8. The molecule has 0 radical (unpaired) electrons. The molecule has 6 heterocycles. The van der Waals surface area contributed by atoms with Crippen molar-refractivity contribution in [3.8, 4) is 11.8 Å². The average Bonchev–Trinajstić information content (AvgIpc) is 3.74. The number of likely N-dealkylation sites (tertiary alicyclic amines) is 1. The van der Waals surface area contributed by atoms with E-state index in [1.807, 2.05) is 30.3 Å². The number of imidazole rings is 1. The Hall–Kier alpha value is -6.01. The third-order valence-electron chi connectivity index (χ3n) is 12.8. The zero-order valence-corrected chi connectivity index (χ0v) is 32.2. The molecular formula is C42H46N10O5. The molecule has 3 saturated heterocycles. The topological polar surface area (TPSA) is 172 Å². The first kappa shape index (κ1) is 36.6. The Morgan fingerprint density at radius 2 is 1.84 bits per heavy atom. The van der Waals surface area contributed by atoms with Crippen molar-refractivity contribution in [2.75, 3.05) is 50.1 Å². The lowest BCUT2D eigenvalue weighted by molar-refractivity contribution is -0.135. The number of nitrogens with one attached hydrogen (secondary N) is 2. The molecule has 57 heavy (non-hydrogen) atoms. The molecule has 1 saturated carbocycles. The number of amides is 3. The monoisotopic (exact) mass is 770 g/mol. The van der Waals surface area contributed by atoms with Gasteiger partial charge in [-0.1, -0.05) is 6.07 Å². The summed E-state index contributed by atoms with van der Waals surface area (Å²) >= 11 is 0. The van der Waals surface area contributed by atoms with E-state index in [9.17, 15) is 24.4 Å². The molecule has 3 aliphatic heterocycles. The molecule has 1 unspecified atom stereocenters. The van der Waals surface area contributed by atoms with Gasteiger partial charge in [0.05, 0.1) is 52.2 Å². The van der Waals surface area contributed by atoms with Crippen LogP contribution in [0.5, 0.6) is 5.75 Å². The number of benzene rings is 2. The highest BCUT2D eigenvalue weighted by Gasteiger charge is 2.45. The van der Waals surface area contributed by atoms with E-state index < -0.39 is 11.9 Å². The lowest BCUT2D eigenvalue weighted by Gasteiger charge is -2.55. The second kappa shape index (κ2) is 14.5. The highest BCUT2D eigenvalue weighted by Crippen LogP contribution is 2.44. The van der Waals surface area contributed by atoms with Crippen molar-refractivity contribution in [3.63, 3.8) is 0 Å². The molecule has 4 aliphatic rings. The highest BCUT2D eigenvalue weighted by atomic mass is 16.5. The molecule has 9 rings (SSSR count). The summed E-state index contributed by atoms with van der Waals surface area (Å²) in [5.41, 5.74) is 4.64. The number of carbonyl (C=O) groups excluding carboxylic acids is 3. The smallest absolute Gasteiger partial charge is 0.329 e. The van der Waals surface area contributed by atoms with Gasteiger partial charge in [0.1, 0.15) is 17.9 Å². The zero-order valence-electron chi connectivity index (χ0n) is 32.2. The van der Waals surface area contributed by atoms with E-state index in [1.54, 1.807) is 23.3 Å². The van der Waals surface area contributed by atoms with Crippen LogP contribution in [0.1, 0.15) is 79.4 Å². The highest BCUT2D eigenvalue weighted by molar-refractivity contribution is 6.06. The fourth-order valence-corrected chi connectivity index (χ4v) is 9.77. The van der Waals surface area contributed by atoms with Crippen LogP contribution in [0.2, 0.25) is 0 Å². The minimum absolute atomic E-state index is 0.221. The summed E-state index contributed by atoms with van der Waals surface area (Å²) in [6.07, 6.45) is 12.1. The third-order valence-corrected chi connectivity index (χ3v) is 12.8. The summed E-state index contributed by atoms with van der Waals surface area (Å²) in [5.74, 6) is 0.0921. The number of aryl methyl sites for hydroxylation is 1. The van der Waals surface area contributed by atoms with E-state index in [1.165, 1.54) is 18.5 Å². The van der Waals surface area contributed by atoms with Gasteiger partial charge < -0.3 is 19.9 Å². The fourth-order valence-electron chi connectivity index (χ4n) is 9.77. The summed E-state index contributed by atoms with van der Waals surface area (Å²) in [7, 11) is 3.33. The van der Waals surface area contributed by atoms with Gasteiger partial charge in [-0.25, -0.2) is 4.79 Å². The van der Waals surface area contributed by atoms with Gasteiger partial charge in [0.25, 0.3) is 5.91 Å². The molecule has 3 aromatic heterocycles. The van der Waals surface area contributed by atoms with E-state index in [0.29, 0.717) is 46.4 Å². The molecule has 4 fully saturated rings. The Balaban J connectivity index is 0.785. The van der Waals surface area contributed by atoms with Crippen LogP contribution >= 0.6 is 0 Å². The SMILES string of the molecule is COc1cc2nn([C@H]3CC[C@H](CN4CC5(CCN(c6cccc7c6n(C)c(=O)n7C6CCC(=O)NC6=O)CC5)C4)CC3)cc2cc1NC(=O)c1cncc(C#N)c1. The number of carbonyl (C=O) groups is 3. The molecular weight excluding hydrogens is 725 g/mol. The minimum atomic E-state index is -0.693. The number of para-hydroxylation sites is 1. The number of hydrogen-bond acceptors (Lipinski definition) is 10. The van der Waals surface area contributed by atoms with Crippen LogP contribution in [-0.2, 0) is 16.6 Å². The second-order valence-electron chi connectivity index (χ2n) is 16.4. The Labute approximate surface area is 329 Å². The number of methoxy groups -OCH3 is 1. The Bertz CT molecular complexity index is 2510. The van der Waals surface area contributed by atoms with Crippen molar-refractivity contribution < 1.29 is 19.1 Å². The Kier molecular flexibility index (Phi) is 9.31. The van der Waals surface area contributed by atoms with Gasteiger partial charge in [-0.15, -0.1) is 0 Å². The molecule has 2 N–H and O–H groups in total. The van der Waals surface area contributed by atoms with Gasteiger partial charge in [0, 0.05) is 76.2 Å². The maximum absolute atomic E-state index is 13.5. The molecule has 15 heteroatoms. The number of hydrogen-bond donors (Lipinski definition) is 2. The van der Waals surface area contributed by atoms with E-state index in [2.05, 4.69) is 42.4 Å². The van der Waals surface area contributed by atoms with E-state index in [0.717, 1.165) is 98.9 Å². The van der Waals surface area contributed by atoms with Crippen LogP contribution in [0.3, 0.4) is 0 Å². The number of imide groups is 1. The van der Waals surface area contributed by atoms with Crippen LogP contribution in [0.25, 0.3) is 21.9 Å². The molecule has 294 valence electrons. The predicted molar refractivity (Wildman–Crippen MR) is 213 cm³/mol. The van der Waals surface area contributed by atoms with Gasteiger partial charge in [0.15, 0.2) is 0 Å². The Morgan fingerprint density at radius 1 is 1.05 bits per heavy atom. The first-order valence-corrected chi connectivity index (χ1v) is 19.9. The average molecular weight is 771 g/mol. The molecule has 3 amide bonds. The molecule has 1 atom stereocenters. The number of fused-ring (bicyclic) bond motifs is 2. The van der Waals surface area contributed by atoms with Gasteiger partial charge in [-0.05, 0) is 80.5 Å². The van der Waals surface area contributed by atoms with Crippen molar-refractivity contribution in [1.82, 2.24) is 34.1 Å². The number of aromatic nitrogens is 5. The van der Waals surface area contributed by atoms with Crippen molar-refractivity contribution >= 4 is 51.0 Å². The van der Waals surface area contributed by atoms with E-state index >= 15 is 0 Å². The van der Waals surface area contributed by atoms with Crippen LogP contribution in [0.4, 0.5) is 11.4 Å². The second-order valence-corrected chi connectivity index (χ2v) is 16.4. The maximum atomic E-state index is 13.5. The summed E-state index contributed by atoms with van der Waals surface area (Å²) in [6, 6.07) is 12.8. The summed E-state index contributed by atoms with van der Waals surface area (Å²) in [4.78, 5) is 60.0. The number of anilines is 2. The van der Waals surface area contributed by atoms with Crippen molar-refractivity contribution in [2.24, 2.45) is 18.4 Å². The normalized spacial score (nSPS) is 22.3. The van der Waals surface area contributed by atoms with E-state index in [-0.39, 0.29) is 23.9 Å². The fraction of sp³-hybridized carbons (Fsp3) is 0.452. The summed E-state index contributed by atoms with van der Waals surface area (Å²) in [5, 5.41) is 20.3. The number of nitriles is 1. The quantitative estimate of drug-likeness (QED) is 0.214. The number of pyridine rings is 1. The minimum Gasteiger partial charge on any atom is -0.494 e. The van der Waals surface area contributed by atoms with Crippen LogP contribution in [-0.4, -0.2) is 86.4 Å². The first-order valence-electron chi connectivity index (χ1n) is 19.9. The molecule has 2 aromatic carbocycles. The van der Waals surface area contributed by atoms with Crippen molar-refractivity contribution in [1.29, 1.82) is 5.26 Å². The van der Waals surface area contributed by atoms with Crippen LogP contribution < -0.4 is 26.0 Å². The molecule has 1 spiro atoms. The number of piperidine rings is 2. The van der Waals surface area contributed by atoms with Gasteiger partial charge in [0.2, 0.25) is 11.8 Å². The largest absolute Gasteiger partial charge is 0.494 e. The maximum Gasteiger partial charge on any atom is 0.329 e. The zero-order chi connectivity index (χ0) is 39.4. The third kappa shape index (κ3) is 6.71. The summed E-state index contributed by atoms with van der Waals surface area (Å²) in [6.45, 7) is 5.21. The Morgan fingerprint density at radius 3 is 2.58 bits per heavy atom. The van der Waals surface area contributed by atoms with Crippen molar-refractivity contribution in [3.05, 3.63) is 76.6 Å². The molecule has 0 bridgehead atoms. The van der Waals surface area contributed by atoms with Gasteiger partial charge in [-0.2, -0.15) is 10.4 Å². The van der Waals surface area contributed by atoms with Gasteiger partial charge >= 0.3 is 5.69 Å². The lowest BCUT2D eigenvalue weighted by Crippen LogP contribution is -2.61. The number of ether oxygens (including phenoxy) is 1. The van der Waals surface area contributed by atoms with Crippen LogP contribution in [0, 0.1) is 22.7 Å². The predicted octanol–water partition coefficient (Wildman–Crippen LogP) is 4.53. The van der Waals surface area contributed by atoms with Gasteiger partial charge in [-0.3, -0.25) is 38.5 Å². The van der Waals surface area contributed by atoms with Crippen LogP contribution in [0.15, 0.2) is 59.8 Å². The summed E-state index contributed by atoms with van der Waals surface area (Å²) < 4.78 is 10.9. The lowest BCUT2D eigenvalue weighted by atomic mass is 9.71. The van der Waals surface area contributed by atoms with E-state index in [4.69, 9.17) is 9.84 Å².